The number of methoxy groups -OCH3 is 1. The molecule has 2 rings (SSSR count). The molecule has 0 radical (unpaired) electrons. The molecule has 1 aromatic carbocycles. The lowest BCUT2D eigenvalue weighted by atomic mass is 9.94. The summed E-state index contributed by atoms with van der Waals surface area (Å²) in [5.41, 5.74) is 1.05. The summed E-state index contributed by atoms with van der Waals surface area (Å²) in [7, 11) is 5.36. The van der Waals surface area contributed by atoms with Crippen molar-refractivity contribution in [2.45, 2.75) is 50.8 Å². The Hall–Kier alpha value is -1.63. The molecule has 1 N–H and O–H groups in total. The topological polar surface area (TPSA) is 62.2 Å². The van der Waals surface area contributed by atoms with Crippen LogP contribution in [0.4, 0.5) is 0 Å². The number of ether oxygens (including phenoxy) is 2. The van der Waals surface area contributed by atoms with Crippen LogP contribution in [0.1, 0.15) is 37.7 Å². The molecule has 1 unspecified atom stereocenters. The Morgan fingerprint density at radius 1 is 1.26 bits per heavy atom. The van der Waals surface area contributed by atoms with Gasteiger partial charge in [-0.15, -0.1) is 0 Å². The molecule has 0 amide bonds. The molecule has 0 saturated heterocycles. The molecule has 1 aliphatic rings. The van der Waals surface area contributed by atoms with E-state index in [1.165, 1.54) is 39.2 Å². The van der Waals surface area contributed by atoms with Crippen molar-refractivity contribution < 1.29 is 19.4 Å². The van der Waals surface area contributed by atoms with Crippen molar-refractivity contribution in [3.8, 4) is 5.75 Å². The van der Waals surface area contributed by atoms with E-state index in [2.05, 4.69) is 16.7 Å². The molecule has 1 aromatic rings. The van der Waals surface area contributed by atoms with Gasteiger partial charge in [-0.05, 0) is 44.6 Å². The zero-order valence-corrected chi connectivity index (χ0v) is 16.9. The largest absolute Gasteiger partial charge is 0.491 e. The standard InChI is InChI=1S/C21H34N2O4/c1-22(15-21(25)26-3)13-17-8-7-11-20(12-17)27-16-19(24)14-23(2)18-9-5-4-6-10-18/h7-8,11-12,18-19,24H,4-6,9-10,13-16H2,1-3H3. The number of hydrogen-bond acceptors (Lipinski definition) is 6. The first-order valence-electron chi connectivity index (χ1n) is 9.83. The normalized spacial score (nSPS) is 16.5. The summed E-state index contributed by atoms with van der Waals surface area (Å²) < 4.78 is 10.5. The summed E-state index contributed by atoms with van der Waals surface area (Å²) >= 11 is 0. The number of nitrogens with zero attached hydrogens (tertiary/aromatic N) is 2. The number of aliphatic hydroxyl groups is 1. The monoisotopic (exact) mass is 378 g/mol. The van der Waals surface area contributed by atoms with Gasteiger partial charge in [0.1, 0.15) is 18.5 Å². The summed E-state index contributed by atoms with van der Waals surface area (Å²) in [4.78, 5) is 15.5. The van der Waals surface area contributed by atoms with E-state index in [1.54, 1.807) is 0 Å². The van der Waals surface area contributed by atoms with Crippen LogP contribution >= 0.6 is 0 Å². The number of esters is 1. The van der Waals surface area contributed by atoms with Crippen molar-refractivity contribution in [3.63, 3.8) is 0 Å². The maximum atomic E-state index is 11.3. The third-order valence-corrected chi connectivity index (χ3v) is 5.12. The average Bonchev–Trinajstić information content (AvgIpc) is 2.67. The average molecular weight is 379 g/mol. The molecule has 6 heteroatoms. The molecular formula is C21H34N2O4. The van der Waals surface area contributed by atoms with Crippen molar-refractivity contribution in [2.75, 3.05) is 40.9 Å². The molecule has 0 aliphatic heterocycles. The molecule has 0 aromatic heterocycles. The third kappa shape index (κ3) is 7.87. The maximum Gasteiger partial charge on any atom is 0.319 e. The van der Waals surface area contributed by atoms with Crippen LogP contribution in [-0.4, -0.2) is 73.9 Å². The van der Waals surface area contributed by atoms with Crippen molar-refractivity contribution in [1.82, 2.24) is 9.80 Å². The van der Waals surface area contributed by atoms with Crippen molar-refractivity contribution in [3.05, 3.63) is 29.8 Å². The number of likely N-dealkylation sites (N-methyl/N-ethyl adjacent to an activating group) is 2. The van der Waals surface area contributed by atoms with Gasteiger partial charge in [0.05, 0.1) is 13.7 Å². The molecule has 1 fully saturated rings. The zero-order chi connectivity index (χ0) is 19.6. The van der Waals surface area contributed by atoms with Gasteiger partial charge in [0.15, 0.2) is 0 Å². The molecule has 0 bridgehead atoms. The van der Waals surface area contributed by atoms with E-state index in [0.717, 1.165) is 11.3 Å². The number of carbonyl (C=O) groups is 1. The molecule has 6 nitrogen and oxygen atoms in total. The summed E-state index contributed by atoms with van der Waals surface area (Å²) in [6.07, 6.45) is 5.86. The van der Waals surface area contributed by atoms with Gasteiger partial charge in [-0.2, -0.15) is 0 Å². The fourth-order valence-corrected chi connectivity index (χ4v) is 3.63. The summed E-state index contributed by atoms with van der Waals surface area (Å²) in [5, 5.41) is 10.3. The lowest BCUT2D eigenvalue weighted by Gasteiger charge is -2.32. The van der Waals surface area contributed by atoms with E-state index in [9.17, 15) is 9.90 Å². The Morgan fingerprint density at radius 2 is 2.00 bits per heavy atom. The van der Waals surface area contributed by atoms with Crippen LogP contribution in [0.3, 0.4) is 0 Å². The summed E-state index contributed by atoms with van der Waals surface area (Å²) in [6, 6.07) is 8.35. The van der Waals surface area contributed by atoms with Crippen LogP contribution in [0.25, 0.3) is 0 Å². The molecule has 1 aliphatic carbocycles. The second-order valence-electron chi connectivity index (χ2n) is 7.59. The second-order valence-corrected chi connectivity index (χ2v) is 7.59. The summed E-state index contributed by atoms with van der Waals surface area (Å²) in [5.74, 6) is 0.480. The number of carbonyl (C=O) groups excluding carboxylic acids is 1. The fourth-order valence-electron chi connectivity index (χ4n) is 3.63. The van der Waals surface area contributed by atoms with Gasteiger partial charge >= 0.3 is 5.97 Å². The zero-order valence-electron chi connectivity index (χ0n) is 16.9. The first kappa shape index (κ1) is 21.7. The minimum Gasteiger partial charge on any atom is -0.491 e. The molecule has 27 heavy (non-hydrogen) atoms. The fraction of sp³-hybridized carbons (Fsp3) is 0.667. The van der Waals surface area contributed by atoms with Crippen molar-refractivity contribution in [1.29, 1.82) is 0 Å². The van der Waals surface area contributed by atoms with Crippen LogP contribution in [0.2, 0.25) is 0 Å². The van der Waals surface area contributed by atoms with E-state index in [0.29, 0.717) is 19.1 Å². The minimum atomic E-state index is -0.511. The highest BCUT2D eigenvalue weighted by atomic mass is 16.5. The second kappa shape index (κ2) is 11.3. The SMILES string of the molecule is COC(=O)CN(C)Cc1cccc(OCC(O)CN(C)C2CCCCC2)c1. The first-order chi connectivity index (χ1) is 13.0. The highest BCUT2D eigenvalue weighted by Crippen LogP contribution is 2.22. The van der Waals surface area contributed by atoms with E-state index in [1.807, 2.05) is 36.2 Å². The van der Waals surface area contributed by atoms with Gasteiger partial charge in [0.2, 0.25) is 0 Å². The maximum absolute atomic E-state index is 11.3. The number of benzene rings is 1. The Balaban J connectivity index is 1.77. The third-order valence-electron chi connectivity index (χ3n) is 5.12. The van der Waals surface area contributed by atoms with E-state index < -0.39 is 6.10 Å². The Morgan fingerprint density at radius 3 is 2.70 bits per heavy atom. The van der Waals surface area contributed by atoms with Gasteiger partial charge in [-0.25, -0.2) is 0 Å². The first-order valence-corrected chi connectivity index (χ1v) is 9.83. The lowest BCUT2D eigenvalue weighted by molar-refractivity contribution is -0.141. The van der Waals surface area contributed by atoms with Gasteiger partial charge in [0, 0.05) is 19.1 Å². The van der Waals surface area contributed by atoms with Crippen molar-refractivity contribution in [2.24, 2.45) is 0 Å². The van der Waals surface area contributed by atoms with Crippen LogP contribution in [0.15, 0.2) is 24.3 Å². The smallest absolute Gasteiger partial charge is 0.319 e. The van der Waals surface area contributed by atoms with Gasteiger partial charge in [0.25, 0.3) is 0 Å². The molecule has 0 heterocycles. The van der Waals surface area contributed by atoms with E-state index in [4.69, 9.17) is 4.74 Å². The van der Waals surface area contributed by atoms with E-state index >= 15 is 0 Å². The van der Waals surface area contributed by atoms with Crippen LogP contribution in [0, 0.1) is 0 Å². The quantitative estimate of drug-likeness (QED) is 0.631. The summed E-state index contributed by atoms with van der Waals surface area (Å²) in [6.45, 7) is 1.78. The highest BCUT2D eigenvalue weighted by molar-refractivity contribution is 5.71. The van der Waals surface area contributed by atoms with Gasteiger partial charge < -0.3 is 19.5 Å². The van der Waals surface area contributed by atoms with Crippen LogP contribution in [0.5, 0.6) is 5.75 Å². The lowest BCUT2D eigenvalue weighted by Crippen LogP contribution is -2.40. The van der Waals surface area contributed by atoms with E-state index in [-0.39, 0.29) is 19.1 Å². The Bertz CT molecular complexity index is 575. The van der Waals surface area contributed by atoms with Gasteiger partial charge in [-0.3, -0.25) is 9.69 Å². The predicted molar refractivity (Wildman–Crippen MR) is 106 cm³/mol. The molecule has 152 valence electrons. The molecule has 1 saturated carbocycles. The minimum absolute atomic E-state index is 0.244. The molecule has 0 spiro atoms. The van der Waals surface area contributed by atoms with Crippen LogP contribution < -0.4 is 4.74 Å². The van der Waals surface area contributed by atoms with Gasteiger partial charge in [-0.1, -0.05) is 31.4 Å². The Kier molecular flexibility index (Phi) is 9.04. The number of hydrogen-bond donors (Lipinski definition) is 1. The Labute approximate surface area is 163 Å². The molecular weight excluding hydrogens is 344 g/mol. The predicted octanol–water partition coefficient (Wildman–Crippen LogP) is 2.30. The van der Waals surface area contributed by atoms with Crippen molar-refractivity contribution >= 4 is 5.97 Å². The highest BCUT2D eigenvalue weighted by Gasteiger charge is 2.20. The number of rotatable bonds is 10. The molecule has 1 atom stereocenters. The van der Waals surface area contributed by atoms with Crippen LogP contribution in [-0.2, 0) is 16.1 Å². The number of aliphatic hydroxyl groups excluding tert-OH is 1.